The highest BCUT2D eigenvalue weighted by atomic mass is 16.7. The van der Waals surface area contributed by atoms with Crippen molar-refractivity contribution in [2.24, 2.45) is 0 Å². The third-order valence-corrected chi connectivity index (χ3v) is 4.04. The van der Waals surface area contributed by atoms with Crippen LogP contribution in [0.5, 0.6) is 17.2 Å². The van der Waals surface area contributed by atoms with Crippen LogP contribution in [0.2, 0.25) is 0 Å². The zero-order valence-electron chi connectivity index (χ0n) is 12.2. The number of ether oxygens (including phenoxy) is 3. The van der Waals surface area contributed by atoms with Gasteiger partial charge in [0, 0.05) is 17.7 Å². The topological polar surface area (TPSA) is 48.0 Å². The van der Waals surface area contributed by atoms with Crippen LogP contribution < -0.4 is 14.2 Å². The first-order valence-corrected chi connectivity index (χ1v) is 7.10. The second-order valence-electron chi connectivity index (χ2n) is 5.33. The number of hydrogen-bond acceptors (Lipinski definition) is 4. The number of fused-ring (bicyclic) bond motifs is 3. The molecule has 0 bridgehead atoms. The average Bonchev–Trinajstić information content (AvgIpc) is 3.14. The molecular weight excluding hydrogens is 282 g/mol. The second-order valence-corrected chi connectivity index (χ2v) is 5.33. The summed E-state index contributed by atoms with van der Waals surface area (Å²) in [6.07, 6.45) is 0. The van der Waals surface area contributed by atoms with E-state index in [4.69, 9.17) is 14.2 Å². The van der Waals surface area contributed by atoms with Gasteiger partial charge in [-0.1, -0.05) is 12.1 Å². The molecule has 2 aliphatic heterocycles. The van der Waals surface area contributed by atoms with Crippen LogP contribution in [0.4, 0.5) is 0 Å². The van der Waals surface area contributed by atoms with E-state index >= 15 is 0 Å². The van der Waals surface area contributed by atoms with Gasteiger partial charge in [-0.2, -0.15) is 0 Å². The Bertz CT molecular complexity index is 739. The highest BCUT2D eigenvalue weighted by molar-refractivity contribution is 5.99. The van der Waals surface area contributed by atoms with Gasteiger partial charge in [0.25, 0.3) is 5.91 Å². The molecule has 5 heteroatoms. The Morgan fingerprint density at radius 3 is 2.73 bits per heavy atom. The molecule has 0 aromatic heterocycles. The summed E-state index contributed by atoms with van der Waals surface area (Å²) in [5, 5.41) is 0. The summed E-state index contributed by atoms with van der Waals surface area (Å²) >= 11 is 0. The minimum Gasteiger partial charge on any atom is -0.497 e. The molecule has 112 valence electrons. The van der Waals surface area contributed by atoms with Crippen LogP contribution in [0.15, 0.2) is 36.4 Å². The van der Waals surface area contributed by atoms with E-state index in [2.05, 4.69) is 0 Å². The van der Waals surface area contributed by atoms with Crippen molar-refractivity contribution >= 4 is 5.91 Å². The van der Waals surface area contributed by atoms with E-state index in [1.54, 1.807) is 13.2 Å². The van der Waals surface area contributed by atoms with Gasteiger partial charge in [-0.3, -0.25) is 4.79 Å². The fraction of sp³-hybridized carbons (Fsp3) is 0.235. The monoisotopic (exact) mass is 297 g/mol. The number of amides is 1. The van der Waals surface area contributed by atoms with Crippen molar-refractivity contribution in [3.63, 3.8) is 0 Å². The lowest BCUT2D eigenvalue weighted by molar-refractivity contribution is 0.0766. The number of benzene rings is 2. The van der Waals surface area contributed by atoms with E-state index in [0.29, 0.717) is 24.4 Å². The molecule has 2 aliphatic rings. The fourth-order valence-corrected chi connectivity index (χ4v) is 2.90. The third-order valence-electron chi connectivity index (χ3n) is 4.04. The second kappa shape index (κ2) is 4.94. The van der Waals surface area contributed by atoms with Crippen molar-refractivity contribution in [2.45, 2.75) is 13.1 Å². The first kappa shape index (κ1) is 13.0. The summed E-state index contributed by atoms with van der Waals surface area (Å²) in [6.45, 7) is 1.33. The normalized spacial score (nSPS) is 15.1. The Morgan fingerprint density at radius 2 is 1.95 bits per heavy atom. The molecule has 5 nitrogen and oxygen atoms in total. The molecule has 0 aliphatic carbocycles. The first-order chi connectivity index (χ1) is 10.8. The Balaban J connectivity index is 1.58. The molecule has 0 atom stereocenters. The van der Waals surface area contributed by atoms with Crippen LogP contribution in [0, 0.1) is 0 Å². The molecule has 0 saturated heterocycles. The maximum atomic E-state index is 12.5. The summed E-state index contributed by atoms with van der Waals surface area (Å²) in [4.78, 5) is 14.3. The van der Waals surface area contributed by atoms with Gasteiger partial charge in [0.2, 0.25) is 6.79 Å². The van der Waals surface area contributed by atoms with E-state index in [-0.39, 0.29) is 12.7 Å². The van der Waals surface area contributed by atoms with E-state index in [1.165, 1.54) is 0 Å². The van der Waals surface area contributed by atoms with Crippen molar-refractivity contribution in [3.8, 4) is 17.2 Å². The van der Waals surface area contributed by atoms with Gasteiger partial charge >= 0.3 is 0 Å². The SMILES string of the molecule is COc1ccc(CN2Cc3c(ccc4c3OCO4)C2=O)cc1. The molecule has 0 fully saturated rings. The lowest BCUT2D eigenvalue weighted by atomic mass is 10.1. The number of carbonyl (C=O) groups excluding carboxylic acids is 1. The van der Waals surface area contributed by atoms with Gasteiger partial charge in [0.15, 0.2) is 11.5 Å². The number of methoxy groups -OCH3 is 1. The molecule has 22 heavy (non-hydrogen) atoms. The number of hydrogen-bond donors (Lipinski definition) is 0. The van der Waals surface area contributed by atoms with Crippen molar-refractivity contribution in [1.29, 1.82) is 0 Å². The van der Waals surface area contributed by atoms with E-state index in [0.717, 1.165) is 22.6 Å². The minimum absolute atomic E-state index is 0.0316. The van der Waals surface area contributed by atoms with Crippen LogP contribution in [0.1, 0.15) is 21.5 Å². The van der Waals surface area contributed by atoms with Gasteiger partial charge in [0.1, 0.15) is 5.75 Å². The Morgan fingerprint density at radius 1 is 1.14 bits per heavy atom. The highest BCUT2D eigenvalue weighted by Crippen LogP contribution is 2.41. The highest BCUT2D eigenvalue weighted by Gasteiger charge is 2.33. The molecular formula is C17H15NO4. The molecule has 0 N–H and O–H groups in total. The zero-order valence-corrected chi connectivity index (χ0v) is 12.2. The molecule has 0 spiro atoms. The van der Waals surface area contributed by atoms with Gasteiger partial charge < -0.3 is 19.1 Å². The largest absolute Gasteiger partial charge is 0.497 e. The number of rotatable bonds is 3. The van der Waals surface area contributed by atoms with Gasteiger partial charge in [-0.15, -0.1) is 0 Å². The zero-order chi connectivity index (χ0) is 15.1. The fourth-order valence-electron chi connectivity index (χ4n) is 2.90. The average molecular weight is 297 g/mol. The van der Waals surface area contributed by atoms with Gasteiger partial charge in [-0.05, 0) is 29.8 Å². The molecule has 2 aromatic rings. The molecule has 4 rings (SSSR count). The first-order valence-electron chi connectivity index (χ1n) is 7.10. The Hall–Kier alpha value is -2.69. The van der Waals surface area contributed by atoms with Crippen molar-refractivity contribution in [2.75, 3.05) is 13.9 Å². The van der Waals surface area contributed by atoms with Crippen LogP contribution in [-0.2, 0) is 13.1 Å². The molecule has 0 radical (unpaired) electrons. The van der Waals surface area contributed by atoms with Crippen molar-refractivity contribution < 1.29 is 19.0 Å². The smallest absolute Gasteiger partial charge is 0.254 e. The summed E-state index contributed by atoms with van der Waals surface area (Å²) in [5.74, 6) is 2.27. The standard InChI is InChI=1S/C17H15NO4/c1-20-12-4-2-11(3-5-12)8-18-9-14-13(17(18)19)6-7-15-16(14)22-10-21-15/h2-7H,8-10H2,1H3. The van der Waals surface area contributed by atoms with E-state index in [9.17, 15) is 4.79 Å². The lowest BCUT2D eigenvalue weighted by Crippen LogP contribution is -2.23. The minimum atomic E-state index is 0.0316. The molecule has 0 saturated carbocycles. The van der Waals surface area contributed by atoms with Crippen LogP contribution in [0.3, 0.4) is 0 Å². The van der Waals surface area contributed by atoms with Crippen molar-refractivity contribution in [3.05, 3.63) is 53.1 Å². The van der Waals surface area contributed by atoms with E-state index < -0.39 is 0 Å². The van der Waals surface area contributed by atoms with Crippen LogP contribution >= 0.6 is 0 Å². The Kier molecular flexibility index (Phi) is 2.92. The maximum absolute atomic E-state index is 12.5. The third kappa shape index (κ3) is 1.97. The summed E-state index contributed by atoms with van der Waals surface area (Å²) in [6, 6.07) is 11.4. The molecule has 1 amide bonds. The van der Waals surface area contributed by atoms with E-state index in [1.807, 2.05) is 35.2 Å². The van der Waals surface area contributed by atoms with Crippen LogP contribution in [-0.4, -0.2) is 24.7 Å². The molecule has 0 unspecified atom stereocenters. The summed E-state index contributed by atoms with van der Waals surface area (Å²) in [5.41, 5.74) is 2.70. The maximum Gasteiger partial charge on any atom is 0.254 e. The number of carbonyl (C=O) groups is 1. The Labute approximate surface area is 128 Å². The summed E-state index contributed by atoms with van der Waals surface area (Å²) in [7, 11) is 1.64. The van der Waals surface area contributed by atoms with Crippen LogP contribution in [0.25, 0.3) is 0 Å². The number of nitrogens with zero attached hydrogens (tertiary/aromatic N) is 1. The molecule has 2 heterocycles. The predicted octanol–water partition coefficient (Wildman–Crippen LogP) is 2.58. The quantitative estimate of drug-likeness (QED) is 0.873. The van der Waals surface area contributed by atoms with Gasteiger partial charge in [-0.25, -0.2) is 0 Å². The lowest BCUT2D eigenvalue weighted by Gasteiger charge is -2.15. The van der Waals surface area contributed by atoms with Gasteiger partial charge in [0.05, 0.1) is 13.7 Å². The summed E-state index contributed by atoms with van der Waals surface area (Å²) < 4.78 is 16.0. The molecule has 2 aromatic carbocycles. The predicted molar refractivity (Wildman–Crippen MR) is 79.1 cm³/mol. The van der Waals surface area contributed by atoms with Crippen molar-refractivity contribution in [1.82, 2.24) is 4.90 Å².